The van der Waals surface area contributed by atoms with Gasteiger partial charge in [-0.05, 0) is 0 Å². The van der Waals surface area contributed by atoms with E-state index in [2.05, 4.69) is 0 Å². The molecule has 0 atom stereocenters. The number of hydrogen-bond donors (Lipinski definition) is 0. The van der Waals surface area contributed by atoms with Gasteiger partial charge in [-0.25, -0.2) is 13.2 Å². The lowest BCUT2D eigenvalue weighted by molar-refractivity contribution is 0.410. The summed E-state index contributed by atoms with van der Waals surface area (Å²) in [6, 6.07) is 5.57. The Labute approximate surface area is 56.0 Å². The van der Waals surface area contributed by atoms with E-state index in [-0.39, 0.29) is 5.56 Å². The molecule has 0 fully saturated rings. The standard InChI is InChI=1S/C7H4F3/c8-6(7(9)10)5-3-1-2-4-5/h1-4H/q-1. The van der Waals surface area contributed by atoms with Crippen LogP contribution in [0.3, 0.4) is 0 Å². The molecule has 1 aromatic carbocycles. The first-order valence-electron chi connectivity index (χ1n) is 2.64. The molecule has 0 aliphatic rings. The Bertz CT molecular complexity index is 229. The first-order chi connectivity index (χ1) is 4.72. The van der Waals surface area contributed by atoms with Crippen molar-refractivity contribution in [2.45, 2.75) is 0 Å². The predicted molar refractivity (Wildman–Crippen MR) is 32.3 cm³/mol. The van der Waals surface area contributed by atoms with Crippen LogP contribution in [0.1, 0.15) is 5.56 Å². The Morgan fingerprint density at radius 2 is 1.50 bits per heavy atom. The van der Waals surface area contributed by atoms with Gasteiger partial charge in [-0.3, -0.25) is 0 Å². The lowest BCUT2D eigenvalue weighted by atomic mass is 10.3. The lowest BCUT2D eigenvalue weighted by Gasteiger charge is -1.95. The van der Waals surface area contributed by atoms with Gasteiger partial charge in [0.1, 0.15) is 5.83 Å². The van der Waals surface area contributed by atoms with Crippen molar-refractivity contribution < 1.29 is 13.2 Å². The maximum atomic E-state index is 12.2. The van der Waals surface area contributed by atoms with E-state index in [1.807, 2.05) is 0 Å². The van der Waals surface area contributed by atoms with Crippen LogP contribution in [0.2, 0.25) is 0 Å². The molecule has 54 valence electrons. The second-order valence-corrected chi connectivity index (χ2v) is 1.75. The molecule has 0 saturated heterocycles. The minimum Gasteiger partial charge on any atom is -0.229 e. The minimum absolute atomic E-state index is 0.0694. The highest BCUT2D eigenvalue weighted by molar-refractivity contribution is 5.59. The van der Waals surface area contributed by atoms with Gasteiger partial charge in [0.05, 0.1) is 0 Å². The molecule has 0 bridgehead atoms. The number of halogens is 3. The molecular weight excluding hydrogens is 141 g/mol. The van der Waals surface area contributed by atoms with Gasteiger partial charge < -0.3 is 0 Å². The number of rotatable bonds is 1. The maximum Gasteiger partial charge on any atom is 0.226 e. The molecule has 0 heterocycles. The van der Waals surface area contributed by atoms with Gasteiger partial charge in [0, 0.05) is 0 Å². The van der Waals surface area contributed by atoms with Gasteiger partial charge in [0.25, 0.3) is 0 Å². The second kappa shape index (κ2) is 2.64. The zero-order valence-corrected chi connectivity index (χ0v) is 4.94. The van der Waals surface area contributed by atoms with Crippen molar-refractivity contribution in [3.8, 4) is 0 Å². The predicted octanol–water partition coefficient (Wildman–Crippen LogP) is 2.94. The largest absolute Gasteiger partial charge is 0.229 e. The van der Waals surface area contributed by atoms with Crippen LogP contribution in [0, 0.1) is 0 Å². The van der Waals surface area contributed by atoms with Crippen LogP contribution >= 0.6 is 0 Å². The molecule has 1 rings (SSSR count). The molecule has 0 aromatic heterocycles. The highest BCUT2D eigenvalue weighted by Crippen LogP contribution is 2.21. The molecule has 0 N–H and O–H groups in total. The fraction of sp³-hybridized carbons (Fsp3) is 0. The van der Waals surface area contributed by atoms with Gasteiger partial charge in [0.15, 0.2) is 0 Å². The van der Waals surface area contributed by atoms with E-state index in [9.17, 15) is 13.2 Å². The topological polar surface area (TPSA) is 0 Å². The van der Waals surface area contributed by atoms with Gasteiger partial charge in [-0.15, -0.1) is 12.1 Å². The summed E-state index contributed by atoms with van der Waals surface area (Å²) in [7, 11) is 0. The van der Waals surface area contributed by atoms with Crippen molar-refractivity contribution in [2.75, 3.05) is 0 Å². The van der Waals surface area contributed by atoms with Crippen LogP contribution in [0.5, 0.6) is 0 Å². The van der Waals surface area contributed by atoms with Gasteiger partial charge in [0.2, 0.25) is 6.08 Å². The Balaban J connectivity index is 2.99. The van der Waals surface area contributed by atoms with Crippen molar-refractivity contribution in [1.29, 1.82) is 0 Å². The molecule has 0 amide bonds. The summed E-state index contributed by atoms with van der Waals surface area (Å²) in [5.74, 6) is -1.44. The monoisotopic (exact) mass is 145 g/mol. The van der Waals surface area contributed by atoms with Crippen LogP contribution in [0.4, 0.5) is 13.2 Å². The third-order valence-corrected chi connectivity index (χ3v) is 1.08. The van der Waals surface area contributed by atoms with E-state index < -0.39 is 11.9 Å². The molecule has 10 heavy (non-hydrogen) atoms. The summed E-state index contributed by atoms with van der Waals surface area (Å²) in [5.41, 5.74) is -0.0694. The van der Waals surface area contributed by atoms with Crippen molar-refractivity contribution in [2.24, 2.45) is 0 Å². The van der Waals surface area contributed by atoms with Crippen LogP contribution < -0.4 is 0 Å². The molecule has 0 aliphatic carbocycles. The van der Waals surface area contributed by atoms with E-state index in [1.165, 1.54) is 24.3 Å². The van der Waals surface area contributed by atoms with E-state index in [0.717, 1.165) is 0 Å². The van der Waals surface area contributed by atoms with E-state index in [1.54, 1.807) is 0 Å². The SMILES string of the molecule is FC(F)=C(F)[c-]1cccc1. The fourth-order valence-electron chi connectivity index (χ4n) is 0.629. The minimum atomic E-state index is -2.27. The van der Waals surface area contributed by atoms with Crippen molar-refractivity contribution in [3.63, 3.8) is 0 Å². The quantitative estimate of drug-likeness (QED) is 0.533. The average Bonchev–Trinajstić information content (AvgIpc) is 2.36. The highest BCUT2D eigenvalue weighted by Gasteiger charge is 1.98. The van der Waals surface area contributed by atoms with E-state index in [4.69, 9.17) is 0 Å². The third kappa shape index (κ3) is 1.23. The highest BCUT2D eigenvalue weighted by atomic mass is 19.3. The van der Waals surface area contributed by atoms with Gasteiger partial charge >= 0.3 is 0 Å². The summed E-state index contributed by atoms with van der Waals surface area (Å²) in [6.07, 6.45) is -2.27. The fourth-order valence-corrected chi connectivity index (χ4v) is 0.629. The van der Waals surface area contributed by atoms with Gasteiger partial charge in [-0.2, -0.15) is 12.1 Å². The molecule has 0 saturated carbocycles. The van der Waals surface area contributed by atoms with E-state index in [0.29, 0.717) is 0 Å². The van der Waals surface area contributed by atoms with Crippen molar-refractivity contribution >= 4 is 5.83 Å². The van der Waals surface area contributed by atoms with Crippen molar-refractivity contribution in [1.82, 2.24) is 0 Å². The Kier molecular flexibility index (Phi) is 1.85. The molecule has 0 aliphatic heterocycles. The molecule has 1 aromatic rings. The summed E-state index contributed by atoms with van der Waals surface area (Å²) in [5, 5.41) is 0. The van der Waals surface area contributed by atoms with Crippen LogP contribution in [-0.4, -0.2) is 0 Å². The smallest absolute Gasteiger partial charge is 0.226 e. The molecule has 0 nitrogen and oxygen atoms in total. The molecule has 0 radical (unpaired) electrons. The lowest BCUT2D eigenvalue weighted by Crippen LogP contribution is -1.71. The second-order valence-electron chi connectivity index (χ2n) is 1.75. The summed E-state index contributed by atoms with van der Waals surface area (Å²) in [6.45, 7) is 0. The zero-order valence-electron chi connectivity index (χ0n) is 4.94. The molecule has 0 unspecified atom stereocenters. The first-order valence-corrected chi connectivity index (χ1v) is 2.64. The Morgan fingerprint density at radius 3 is 1.90 bits per heavy atom. The summed E-state index contributed by atoms with van der Waals surface area (Å²) >= 11 is 0. The zero-order chi connectivity index (χ0) is 7.56. The van der Waals surface area contributed by atoms with Gasteiger partial charge in [-0.1, -0.05) is 5.56 Å². The Hall–Kier alpha value is -1.12. The summed E-state index contributed by atoms with van der Waals surface area (Å²) in [4.78, 5) is 0. The third-order valence-electron chi connectivity index (χ3n) is 1.08. The van der Waals surface area contributed by atoms with Crippen LogP contribution in [0.25, 0.3) is 5.83 Å². The first kappa shape index (κ1) is 6.99. The average molecular weight is 145 g/mol. The molecule has 0 spiro atoms. The molecular formula is C7H4F3-. The normalized spacial score (nSPS) is 9.50. The summed E-state index contributed by atoms with van der Waals surface area (Å²) < 4.78 is 35.2. The maximum absolute atomic E-state index is 12.2. The van der Waals surface area contributed by atoms with Crippen LogP contribution in [-0.2, 0) is 0 Å². The van der Waals surface area contributed by atoms with Crippen LogP contribution in [0.15, 0.2) is 30.3 Å². The molecule has 3 heteroatoms. The van der Waals surface area contributed by atoms with Crippen molar-refractivity contribution in [3.05, 3.63) is 35.9 Å². The number of hydrogen-bond acceptors (Lipinski definition) is 0. The Morgan fingerprint density at radius 1 is 1.00 bits per heavy atom. The van der Waals surface area contributed by atoms with E-state index >= 15 is 0 Å².